The van der Waals surface area contributed by atoms with Crippen LogP contribution in [0.3, 0.4) is 0 Å². The van der Waals surface area contributed by atoms with E-state index in [2.05, 4.69) is 12.1 Å². The lowest BCUT2D eigenvalue weighted by Crippen LogP contribution is -2.08. The van der Waals surface area contributed by atoms with Crippen molar-refractivity contribution in [2.75, 3.05) is 0 Å². The zero-order chi connectivity index (χ0) is 11.7. The predicted molar refractivity (Wildman–Crippen MR) is 68.9 cm³/mol. The first-order chi connectivity index (χ1) is 8.34. The van der Waals surface area contributed by atoms with E-state index in [1.165, 1.54) is 11.1 Å². The molecule has 3 rings (SSSR count). The summed E-state index contributed by atoms with van der Waals surface area (Å²) in [6.45, 7) is 0. The van der Waals surface area contributed by atoms with E-state index in [1.807, 2.05) is 42.5 Å². The van der Waals surface area contributed by atoms with E-state index in [4.69, 9.17) is 0 Å². The summed E-state index contributed by atoms with van der Waals surface area (Å²) in [7, 11) is 0. The minimum Gasteiger partial charge on any atom is -0.289 e. The summed E-state index contributed by atoms with van der Waals surface area (Å²) in [5, 5.41) is 0. The number of fused-ring (bicyclic) bond motifs is 1. The van der Waals surface area contributed by atoms with Gasteiger partial charge in [-0.1, -0.05) is 54.6 Å². The van der Waals surface area contributed by atoms with Gasteiger partial charge < -0.3 is 0 Å². The number of carbonyl (C=O) groups is 1. The summed E-state index contributed by atoms with van der Waals surface area (Å²) >= 11 is 0. The molecule has 1 aliphatic carbocycles. The quantitative estimate of drug-likeness (QED) is 0.559. The molecule has 0 aromatic heterocycles. The average Bonchev–Trinajstić information content (AvgIpc) is 2.37. The predicted octanol–water partition coefficient (Wildman–Crippen LogP) is 3.51. The molecule has 0 radical (unpaired) electrons. The molecule has 0 atom stereocenters. The van der Waals surface area contributed by atoms with E-state index in [0.29, 0.717) is 0 Å². The second kappa shape index (κ2) is 4.02. The Hall–Kier alpha value is -2.15. The van der Waals surface area contributed by atoms with Crippen molar-refractivity contribution in [2.45, 2.75) is 6.42 Å². The van der Waals surface area contributed by atoms with Gasteiger partial charge in [-0.3, -0.25) is 4.79 Å². The molecule has 2 aromatic rings. The van der Waals surface area contributed by atoms with E-state index < -0.39 is 0 Å². The molecule has 0 heterocycles. The van der Waals surface area contributed by atoms with Gasteiger partial charge in [-0.25, -0.2) is 0 Å². The minimum absolute atomic E-state index is 0.0927. The Morgan fingerprint density at radius 3 is 2.41 bits per heavy atom. The zero-order valence-corrected chi connectivity index (χ0v) is 9.39. The molecule has 1 heteroatoms. The highest BCUT2D eigenvalue weighted by atomic mass is 16.1. The lowest BCUT2D eigenvalue weighted by Gasteiger charge is -2.22. The molecule has 0 unspecified atom stereocenters. The number of hydrogen-bond acceptors (Lipinski definition) is 1. The number of carbonyl (C=O) groups excluding carboxylic acids is 1. The molecule has 2 aromatic carbocycles. The first-order valence-electron chi connectivity index (χ1n) is 5.73. The Bertz CT molecular complexity index is 594. The van der Waals surface area contributed by atoms with E-state index >= 15 is 0 Å². The van der Waals surface area contributed by atoms with Gasteiger partial charge in [0.25, 0.3) is 0 Å². The molecule has 17 heavy (non-hydrogen) atoms. The van der Waals surface area contributed by atoms with Crippen molar-refractivity contribution in [3.05, 3.63) is 77.4 Å². The lowest BCUT2D eigenvalue weighted by atomic mass is 9.82. The van der Waals surface area contributed by atoms with Gasteiger partial charge >= 0.3 is 0 Å². The molecule has 0 amide bonds. The van der Waals surface area contributed by atoms with E-state index in [1.54, 1.807) is 6.08 Å². The Balaban J connectivity index is 1.89. The van der Waals surface area contributed by atoms with Gasteiger partial charge in [0.1, 0.15) is 0 Å². The topological polar surface area (TPSA) is 17.1 Å². The van der Waals surface area contributed by atoms with Crippen LogP contribution in [0.5, 0.6) is 0 Å². The van der Waals surface area contributed by atoms with Crippen LogP contribution < -0.4 is 0 Å². The Labute approximate surface area is 100 Å². The van der Waals surface area contributed by atoms with Gasteiger partial charge in [0.2, 0.25) is 0 Å². The van der Waals surface area contributed by atoms with Gasteiger partial charge in [-0.05, 0) is 29.2 Å². The Morgan fingerprint density at radius 2 is 1.65 bits per heavy atom. The van der Waals surface area contributed by atoms with Crippen LogP contribution in [0.2, 0.25) is 0 Å². The van der Waals surface area contributed by atoms with Crippen LogP contribution in [0, 0.1) is 0 Å². The van der Waals surface area contributed by atoms with E-state index in [-0.39, 0.29) is 5.78 Å². The van der Waals surface area contributed by atoms with Crippen molar-refractivity contribution >= 4 is 11.4 Å². The Kier molecular flexibility index (Phi) is 2.37. The second-order valence-electron chi connectivity index (χ2n) is 4.23. The molecule has 0 fully saturated rings. The number of rotatable bonds is 2. The van der Waals surface area contributed by atoms with Crippen LogP contribution in [-0.4, -0.2) is 5.78 Å². The number of hydrogen-bond donors (Lipinski definition) is 0. The average molecular weight is 220 g/mol. The normalized spacial score (nSPS) is 15.2. The summed E-state index contributed by atoms with van der Waals surface area (Å²) in [6.07, 6.45) is 2.67. The molecule has 0 bridgehead atoms. The summed E-state index contributed by atoms with van der Waals surface area (Å²) < 4.78 is 0. The number of ketones is 1. The van der Waals surface area contributed by atoms with E-state index in [9.17, 15) is 4.79 Å². The number of benzene rings is 2. The van der Waals surface area contributed by atoms with Crippen molar-refractivity contribution in [3.8, 4) is 0 Å². The molecule has 0 N–H and O–H groups in total. The van der Waals surface area contributed by atoms with Gasteiger partial charge in [-0.15, -0.1) is 0 Å². The largest absolute Gasteiger partial charge is 0.289 e. The van der Waals surface area contributed by atoms with Crippen LogP contribution in [0.1, 0.15) is 21.5 Å². The maximum absolute atomic E-state index is 12.0. The van der Waals surface area contributed by atoms with E-state index in [0.717, 1.165) is 17.6 Å². The first-order valence-corrected chi connectivity index (χ1v) is 5.73. The molecular formula is C16H12O. The number of allylic oxidation sites excluding steroid dienone is 2. The molecule has 0 spiro atoms. The highest BCUT2D eigenvalue weighted by Crippen LogP contribution is 2.33. The van der Waals surface area contributed by atoms with Crippen LogP contribution in [0.25, 0.3) is 5.57 Å². The fourth-order valence-corrected chi connectivity index (χ4v) is 2.15. The van der Waals surface area contributed by atoms with Crippen LogP contribution >= 0.6 is 0 Å². The minimum atomic E-state index is 0.0927. The molecule has 1 nitrogen and oxygen atoms in total. The third kappa shape index (κ3) is 1.80. The van der Waals surface area contributed by atoms with Gasteiger partial charge in [0.05, 0.1) is 0 Å². The highest BCUT2D eigenvalue weighted by Gasteiger charge is 2.19. The lowest BCUT2D eigenvalue weighted by molar-refractivity contribution is 0.104. The maximum Gasteiger partial charge on any atom is 0.186 e. The molecule has 0 saturated carbocycles. The monoisotopic (exact) mass is 220 g/mol. The second-order valence-corrected chi connectivity index (χ2v) is 4.23. The van der Waals surface area contributed by atoms with Gasteiger partial charge in [-0.2, -0.15) is 0 Å². The standard InChI is InChI=1S/C16H12O/c17-16(12-6-2-1-3-7-12)11-14-10-13-8-4-5-9-15(13)14/h1-9,11H,10H2. The summed E-state index contributed by atoms with van der Waals surface area (Å²) in [4.78, 5) is 12.0. The molecule has 0 saturated heterocycles. The van der Waals surface area contributed by atoms with Crippen LogP contribution in [0.4, 0.5) is 0 Å². The molecule has 0 aliphatic heterocycles. The zero-order valence-electron chi connectivity index (χ0n) is 9.39. The van der Waals surface area contributed by atoms with Crippen LogP contribution in [0.15, 0.2) is 60.7 Å². The van der Waals surface area contributed by atoms with Crippen LogP contribution in [-0.2, 0) is 6.42 Å². The van der Waals surface area contributed by atoms with Crippen molar-refractivity contribution < 1.29 is 4.79 Å². The highest BCUT2D eigenvalue weighted by molar-refractivity contribution is 6.09. The fraction of sp³-hybridized carbons (Fsp3) is 0.0625. The third-order valence-electron chi connectivity index (χ3n) is 3.11. The van der Waals surface area contributed by atoms with Crippen molar-refractivity contribution in [2.24, 2.45) is 0 Å². The van der Waals surface area contributed by atoms with Crippen molar-refractivity contribution in [1.82, 2.24) is 0 Å². The first kappa shape index (κ1) is 10.0. The Morgan fingerprint density at radius 1 is 0.941 bits per heavy atom. The van der Waals surface area contributed by atoms with Crippen molar-refractivity contribution in [1.29, 1.82) is 0 Å². The smallest absolute Gasteiger partial charge is 0.186 e. The van der Waals surface area contributed by atoms with Gasteiger partial charge in [0, 0.05) is 5.56 Å². The van der Waals surface area contributed by atoms with Gasteiger partial charge in [0.15, 0.2) is 5.78 Å². The summed E-state index contributed by atoms with van der Waals surface area (Å²) in [5.74, 6) is 0.0927. The molecule has 82 valence electrons. The maximum atomic E-state index is 12.0. The molecule has 1 aliphatic rings. The SMILES string of the molecule is O=C(C=C1Cc2ccccc21)c1ccccc1. The summed E-state index contributed by atoms with van der Waals surface area (Å²) in [5.41, 5.74) is 4.45. The molecular weight excluding hydrogens is 208 g/mol. The fourth-order valence-electron chi connectivity index (χ4n) is 2.15. The third-order valence-corrected chi connectivity index (χ3v) is 3.11. The summed E-state index contributed by atoms with van der Waals surface area (Å²) in [6, 6.07) is 17.6. The van der Waals surface area contributed by atoms with Crippen molar-refractivity contribution in [3.63, 3.8) is 0 Å².